The number of unbranched alkanes of at least 4 members (excludes halogenated alkanes) is 1. The Labute approximate surface area is 155 Å². The van der Waals surface area contributed by atoms with Crippen LogP contribution in [0.15, 0.2) is 30.3 Å². The van der Waals surface area contributed by atoms with E-state index >= 15 is 0 Å². The van der Waals surface area contributed by atoms with E-state index in [1.807, 2.05) is 24.3 Å². The first-order valence-electron chi connectivity index (χ1n) is 9.80. The van der Waals surface area contributed by atoms with Gasteiger partial charge < -0.3 is 4.90 Å². The molecule has 0 saturated carbocycles. The second-order valence-corrected chi connectivity index (χ2v) is 6.96. The summed E-state index contributed by atoms with van der Waals surface area (Å²) in [5.74, 6) is -0.313. The summed E-state index contributed by atoms with van der Waals surface area (Å²) in [6.45, 7) is 8.84. The lowest BCUT2D eigenvalue weighted by Crippen LogP contribution is -2.41. The smallest absolute Gasteiger partial charge is 0.261 e. The van der Waals surface area contributed by atoms with Gasteiger partial charge in [-0.3, -0.25) is 14.5 Å². The lowest BCUT2D eigenvalue weighted by Gasteiger charge is -2.30. The standard InChI is InChI=1S/C22H28N2O2/c1-4-7-15-24-21(25)17-10-8-9-16-19(23(13-5-2)14-6-3)12-11-18(20(16)17)22(24)26/h8-12H,4-7,13-15H2,1-3H3. The van der Waals surface area contributed by atoms with Crippen LogP contribution in [-0.4, -0.2) is 36.3 Å². The predicted molar refractivity (Wildman–Crippen MR) is 107 cm³/mol. The molecule has 0 bridgehead atoms. The third-order valence-corrected chi connectivity index (χ3v) is 5.03. The summed E-state index contributed by atoms with van der Waals surface area (Å²) < 4.78 is 0. The van der Waals surface area contributed by atoms with Crippen molar-refractivity contribution < 1.29 is 9.59 Å². The van der Waals surface area contributed by atoms with E-state index < -0.39 is 0 Å². The van der Waals surface area contributed by atoms with Crippen molar-refractivity contribution in [1.29, 1.82) is 0 Å². The second-order valence-electron chi connectivity index (χ2n) is 6.96. The van der Waals surface area contributed by atoms with Crippen molar-refractivity contribution in [2.75, 3.05) is 24.5 Å². The molecular formula is C22H28N2O2. The Hall–Kier alpha value is -2.36. The summed E-state index contributed by atoms with van der Waals surface area (Å²) in [5.41, 5.74) is 2.43. The van der Waals surface area contributed by atoms with Crippen molar-refractivity contribution in [3.8, 4) is 0 Å². The van der Waals surface area contributed by atoms with E-state index in [-0.39, 0.29) is 11.8 Å². The molecule has 0 spiro atoms. The molecule has 1 heterocycles. The molecule has 0 unspecified atom stereocenters. The number of rotatable bonds is 8. The van der Waals surface area contributed by atoms with Crippen LogP contribution in [0.25, 0.3) is 10.8 Å². The van der Waals surface area contributed by atoms with Gasteiger partial charge in [-0.2, -0.15) is 0 Å². The van der Waals surface area contributed by atoms with E-state index in [2.05, 4.69) is 31.7 Å². The van der Waals surface area contributed by atoms with Crippen molar-refractivity contribution in [3.05, 3.63) is 41.5 Å². The third-order valence-electron chi connectivity index (χ3n) is 5.03. The molecule has 0 atom stereocenters. The summed E-state index contributed by atoms with van der Waals surface area (Å²) in [6.07, 6.45) is 3.91. The predicted octanol–water partition coefficient (Wildman–Crippen LogP) is 4.86. The first-order chi connectivity index (χ1) is 12.6. The van der Waals surface area contributed by atoms with Crippen molar-refractivity contribution >= 4 is 28.3 Å². The lowest BCUT2D eigenvalue weighted by molar-refractivity contribution is 0.0608. The van der Waals surface area contributed by atoms with Crippen LogP contribution in [0.4, 0.5) is 5.69 Å². The Morgan fingerprint density at radius 3 is 2.12 bits per heavy atom. The molecule has 138 valence electrons. The van der Waals surface area contributed by atoms with E-state index in [1.165, 1.54) is 4.90 Å². The Balaban J connectivity index is 2.15. The van der Waals surface area contributed by atoms with E-state index in [9.17, 15) is 9.59 Å². The van der Waals surface area contributed by atoms with Crippen molar-refractivity contribution in [3.63, 3.8) is 0 Å². The molecule has 0 aliphatic carbocycles. The zero-order valence-electron chi connectivity index (χ0n) is 16.0. The number of amides is 2. The maximum absolute atomic E-state index is 12.9. The Morgan fingerprint density at radius 1 is 0.846 bits per heavy atom. The molecule has 2 aromatic rings. The number of carbonyl (C=O) groups excluding carboxylic acids is 2. The number of anilines is 1. The quantitative estimate of drug-likeness (QED) is 0.637. The van der Waals surface area contributed by atoms with Gasteiger partial charge in [-0.05, 0) is 37.5 Å². The number of hydrogen-bond donors (Lipinski definition) is 0. The van der Waals surface area contributed by atoms with Crippen LogP contribution in [0.5, 0.6) is 0 Å². The monoisotopic (exact) mass is 352 g/mol. The minimum atomic E-state index is -0.156. The molecule has 4 heteroatoms. The maximum atomic E-state index is 12.9. The highest BCUT2D eigenvalue weighted by Gasteiger charge is 2.33. The highest BCUT2D eigenvalue weighted by atomic mass is 16.2. The van der Waals surface area contributed by atoms with E-state index in [0.717, 1.165) is 55.2 Å². The average molecular weight is 352 g/mol. The Morgan fingerprint density at radius 2 is 1.50 bits per heavy atom. The Kier molecular flexibility index (Phi) is 5.60. The zero-order chi connectivity index (χ0) is 18.7. The SMILES string of the molecule is CCCCN1C(=O)c2cccc3c(N(CCC)CCC)ccc(c23)C1=O. The maximum Gasteiger partial charge on any atom is 0.261 e. The van der Waals surface area contributed by atoms with Crippen LogP contribution in [-0.2, 0) is 0 Å². The molecule has 2 aromatic carbocycles. The molecule has 4 nitrogen and oxygen atoms in total. The van der Waals surface area contributed by atoms with E-state index in [4.69, 9.17) is 0 Å². The molecule has 26 heavy (non-hydrogen) atoms. The molecule has 1 aliphatic rings. The normalized spacial score (nSPS) is 13.6. The number of nitrogens with zero attached hydrogens (tertiary/aromatic N) is 2. The molecular weight excluding hydrogens is 324 g/mol. The van der Waals surface area contributed by atoms with Gasteiger partial charge in [-0.25, -0.2) is 0 Å². The zero-order valence-corrected chi connectivity index (χ0v) is 16.0. The number of imide groups is 1. The molecule has 1 aliphatic heterocycles. The molecule has 0 N–H and O–H groups in total. The third kappa shape index (κ3) is 3.09. The second kappa shape index (κ2) is 7.90. The number of carbonyl (C=O) groups is 2. The van der Waals surface area contributed by atoms with Gasteiger partial charge in [-0.15, -0.1) is 0 Å². The van der Waals surface area contributed by atoms with Crippen LogP contribution in [0.1, 0.15) is 67.2 Å². The van der Waals surface area contributed by atoms with Gasteiger partial charge in [0.05, 0.1) is 0 Å². The van der Waals surface area contributed by atoms with Gasteiger partial charge in [0.1, 0.15) is 0 Å². The summed E-state index contributed by atoms with van der Waals surface area (Å²) >= 11 is 0. The fourth-order valence-electron chi connectivity index (χ4n) is 3.82. The van der Waals surface area contributed by atoms with Crippen molar-refractivity contribution in [1.82, 2.24) is 4.90 Å². The van der Waals surface area contributed by atoms with Crippen LogP contribution in [0.2, 0.25) is 0 Å². The van der Waals surface area contributed by atoms with E-state index in [1.54, 1.807) is 0 Å². The first-order valence-corrected chi connectivity index (χ1v) is 9.80. The first kappa shape index (κ1) is 18.4. The van der Waals surface area contributed by atoms with Gasteiger partial charge in [-0.1, -0.05) is 39.3 Å². The highest BCUT2D eigenvalue weighted by Crippen LogP contribution is 2.36. The van der Waals surface area contributed by atoms with Crippen molar-refractivity contribution in [2.24, 2.45) is 0 Å². The molecule has 0 aromatic heterocycles. The molecule has 0 saturated heterocycles. The minimum Gasteiger partial charge on any atom is -0.371 e. The van der Waals surface area contributed by atoms with Crippen LogP contribution >= 0.6 is 0 Å². The fraction of sp³-hybridized carbons (Fsp3) is 0.455. The van der Waals surface area contributed by atoms with Crippen molar-refractivity contribution in [2.45, 2.75) is 46.5 Å². The largest absolute Gasteiger partial charge is 0.371 e. The Bertz CT molecular complexity index is 800. The summed E-state index contributed by atoms with van der Waals surface area (Å²) in [6, 6.07) is 9.80. The van der Waals surface area contributed by atoms with Crippen LogP contribution in [0, 0.1) is 0 Å². The summed E-state index contributed by atoms with van der Waals surface area (Å²) in [7, 11) is 0. The summed E-state index contributed by atoms with van der Waals surface area (Å²) in [5, 5.41) is 1.84. The summed E-state index contributed by atoms with van der Waals surface area (Å²) in [4.78, 5) is 29.7. The highest BCUT2D eigenvalue weighted by molar-refractivity contribution is 6.26. The van der Waals surface area contributed by atoms with Gasteiger partial charge in [0.2, 0.25) is 0 Å². The fourth-order valence-corrected chi connectivity index (χ4v) is 3.82. The van der Waals surface area contributed by atoms with Gasteiger partial charge in [0.25, 0.3) is 11.8 Å². The minimum absolute atomic E-state index is 0.156. The molecule has 2 amide bonds. The molecule has 3 rings (SSSR count). The molecule has 0 fully saturated rings. The van der Waals surface area contributed by atoms with Crippen LogP contribution < -0.4 is 4.90 Å². The van der Waals surface area contributed by atoms with Gasteiger partial charge in [0.15, 0.2) is 0 Å². The number of benzene rings is 2. The van der Waals surface area contributed by atoms with Crippen LogP contribution in [0.3, 0.4) is 0 Å². The molecule has 0 radical (unpaired) electrons. The van der Waals surface area contributed by atoms with Gasteiger partial charge >= 0.3 is 0 Å². The lowest BCUT2D eigenvalue weighted by atomic mass is 9.92. The van der Waals surface area contributed by atoms with Gasteiger partial charge in [0, 0.05) is 47.2 Å². The number of hydrogen-bond acceptors (Lipinski definition) is 3. The topological polar surface area (TPSA) is 40.6 Å². The average Bonchev–Trinajstić information content (AvgIpc) is 2.65. The van der Waals surface area contributed by atoms with E-state index in [0.29, 0.717) is 17.7 Å².